The van der Waals surface area contributed by atoms with Crippen molar-refractivity contribution in [1.82, 2.24) is 0 Å². The molecule has 292 valence electrons. The third-order valence-corrected chi connectivity index (χ3v) is 13.9. The zero-order valence-corrected chi connectivity index (χ0v) is 37.0. The van der Waals surface area contributed by atoms with Gasteiger partial charge in [-0.3, -0.25) is 0 Å². The Kier molecular flexibility index (Phi) is 8.44. The van der Waals surface area contributed by atoms with Crippen LogP contribution in [0.2, 0.25) is 0 Å². The molecular formula is C55H53BN2S. The van der Waals surface area contributed by atoms with E-state index in [0.717, 1.165) is 0 Å². The monoisotopic (exact) mass is 784 g/mol. The number of thiophene rings is 1. The molecule has 1 aromatic heterocycles. The number of benzene rings is 7. The lowest BCUT2D eigenvalue weighted by Crippen LogP contribution is -2.61. The molecule has 2 aliphatic heterocycles. The molecule has 4 heteroatoms. The van der Waals surface area contributed by atoms with E-state index in [1.54, 1.807) is 0 Å². The summed E-state index contributed by atoms with van der Waals surface area (Å²) in [5.74, 6) is 0. The number of nitrogens with zero attached hydrogens (tertiary/aromatic N) is 2. The summed E-state index contributed by atoms with van der Waals surface area (Å²) in [6, 6.07) is 53.7. The van der Waals surface area contributed by atoms with Crippen molar-refractivity contribution in [1.29, 1.82) is 0 Å². The van der Waals surface area contributed by atoms with Crippen LogP contribution in [-0.4, -0.2) is 6.85 Å². The number of anilines is 5. The molecule has 0 atom stereocenters. The molecule has 0 aliphatic carbocycles. The van der Waals surface area contributed by atoms with Crippen LogP contribution in [0.25, 0.3) is 42.4 Å². The standard InChI is InChI=1S/C55H53BN2S/c1-34-30-43-40-26-22-38(55(8,9)10)33-46(40)58(39-24-20-36(21-25-39)53(2,3)4)56-44-27-29-49-50(41-18-14-15-19-48(41)59-49)52(44)57(47(31-34)51(43)56)45-28-23-37(54(5,6)7)32-42(45)35-16-12-11-13-17-35/h11-33H,1-10H3. The van der Waals surface area contributed by atoms with E-state index in [2.05, 4.69) is 218 Å². The van der Waals surface area contributed by atoms with Crippen molar-refractivity contribution in [3.05, 3.63) is 162 Å². The first-order valence-electron chi connectivity index (χ1n) is 21.2. The Bertz CT molecular complexity index is 2950. The minimum Gasteiger partial charge on any atom is -0.376 e. The van der Waals surface area contributed by atoms with Crippen molar-refractivity contribution >= 4 is 77.7 Å². The molecule has 8 aromatic rings. The Hall–Kier alpha value is -5.58. The van der Waals surface area contributed by atoms with Crippen LogP contribution in [0.3, 0.4) is 0 Å². The van der Waals surface area contributed by atoms with Crippen LogP contribution >= 0.6 is 11.3 Å². The third-order valence-electron chi connectivity index (χ3n) is 12.8. The second kappa shape index (κ2) is 13.2. The second-order valence-corrected chi connectivity index (χ2v) is 21.0. The average molecular weight is 785 g/mol. The van der Waals surface area contributed by atoms with Gasteiger partial charge in [-0.05, 0) is 116 Å². The highest BCUT2D eigenvalue weighted by molar-refractivity contribution is 7.26. The molecule has 7 aromatic carbocycles. The Morgan fingerprint density at radius 3 is 1.85 bits per heavy atom. The van der Waals surface area contributed by atoms with Crippen LogP contribution in [0.15, 0.2) is 140 Å². The van der Waals surface area contributed by atoms with Gasteiger partial charge in [-0.1, -0.05) is 153 Å². The quantitative estimate of drug-likeness (QED) is 0.165. The van der Waals surface area contributed by atoms with Gasteiger partial charge in [0.2, 0.25) is 0 Å². The number of rotatable bonds is 3. The van der Waals surface area contributed by atoms with Crippen LogP contribution in [0, 0.1) is 6.92 Å². The first-order chi connectivity index (χ1) is 28.1. The highest BCUT2D eigenvalue weighted by Gasteiger charge is 2.46. The van der Waals surface area contributed by atoms with Crippen molar-refractivity contribution in [2.45, 2.75) is 85.5 Å². The van der Waals surface area contributed by atoms with Gasteiger partial charge in [0.15, 0.2) is 0 Å². The maximum Gasteiger partial charge on any atom is 0.333 e. The van der Waals surface area contributed by atoms with E-state index < -0.39 is 0 Å². The largest absolute Gasteiger partial charge is 0.376 e. The number of hydrogen-bond acceptors (Lipinski definition) is 3. The van der Waals surface area contributed by atoms with Gasteiger partial charge in [-0.25, -0.2) is 0 Å². The van der Waals surface area contributed by atoms with Crippen molar-refractivity contribution < 1.29 is 0 Å². The fourth-order valence-electron chi connectivity index (χ4n) is 9.57. The lowest BCUT2D eigenvalue weighted by molar-refractivity contribution is 0.590. The fourth-order valence-corrected chi connectivity index (χ4v) is 10.7. The lowest BCUT2D eigenvalue weighted by Gasteiger charge is -2.47. The van der Waals surface area contributed by atoms with Crippen molar-refractivity contribution in [3.63, 3.8) is 0 Å². The number of aryl methyl sites for hydroxylation is 1. The predicted octanol–water partition coefficient (Wildman–Crippen LogP) is 14.6. The summed E-state index contributed by atoms with van der Waals surface area (Å²) < 4.78 is 2.63. The molecule has 2 nitrogen and oxygen atoms in total. The highest BCUT2D eigenvalue weighted by atomic mass is 32.1. The molecule has 0 N–H and O–H groups in total. The normalized spacial score (nSPS) is 13.8. The van der Waals surface area contributed by atoms with Crippen LogP contribution in [0.1, 0.15) is 84.6 Å². The molecule has 0 spiro atoms. The topological polar surface area (TPSA) is 6.48 Å². The summed E-state index contributed by atoms with van der Waals surface area (Å²) in [5.41, 5.74) is 19.3. The minimum absolute atomic E-state index is 0.00898. The van der Waals surface area contributed by atoms with E-state index in [4.69, 9.17) is 0 Å². The smallest absolute Gasteiger partial charge is 0.333 e. The molecule has 0 radical (unpaired) electrons. The van der Waals surface area contributed by atoms with Crippen molar-refractivity contribution in [2.24, 2.45) is 0 Å². The van der Waals surface area contributed by atoms with Gasteiger partial charge in [0, 0.05) is 48.4 Å². The van der Waals surface area contributed by atoms with Crippen LogP contribution in [0.4, 0.5) is 28.4 Å². The predicted molar refractivity (Wildman–Crippen MR) is 259 cm³/mol. The van der Waals surface area contributed by atoms with Gasteiger partial charge < -0.3 is 9.71 Å². The van der Waals surface area contributed by atoms with E-state index in [1.165, 1.54) is 104 Å². The summed E-state index contributed by atoms with van der Waals surface area (Å²) in [6.07, 6.45) is 0. The van der Waals surface area contributed by atoms with E-state index >= 15 is 0 Å². The third kappa shape index (κ3) is 6.05. The summed E-state index contributed by atoms with van der Waals surface area (Å²) in [6.45, 7) is 23.1. The molecule has 0 fully saturated rings. The highest BCUT2D eigenvalue weighted by Crippen LogP contribution is 2.52. The first kappa shape index (κ1) is 37.7. The maximum absolute atomic E-state index is 2.68. The molecule has 3 heterocycles. The van der Waals surface area contributed by atoms with E-state index in [1.807, 2.05) is 11.3 Å². The molecule has 0 amide bonds. The molecule has 0 saturated carbocycles. The molecule has 59 heavy (non-hydrogen) atoms. The van der Waals surface area contributed by atoms with Crippen molar-refractivity contribution in [2.75, 3.05) is 9.71 Å². The molecular weight excluding hydrogens is 731 g/mol. The van der Waals surface area contributed by atoms with Crippen LogP contribution in [-0.2, 0) is 16.2 Å². The molecule has 2 aliphatic rings. The molecule has 0 unspecified atom stereocenters. The van der Waals surface area contributed by atoms with Gasteiger partial charge in [-0.15, -0.1) is 11.3 Å². The lowest BCUT2D eigenvalue weighted by atomic mass is 9.43. The Labute approximate surface area is 355 Å². The summed E-state index contributed by atoms with van der Waals surface area (Å²) >= 11 is 1.90. The Morgan fingerprint density at radius 2 is 1.14 bits per heavy atom. The van der Waals surface area contributed by atoms with Gasteiger partial charge >= 0.3 is 6.85 Å². The zero-order chi connectivity index (χ0) is 41.2. The summed E-state index contributed by atoms with van der Waals surface area (Å²) in [7, 11) is 0. The Balaban J connectivity index is 1.36. The Morgan fingerprint density at radius 1 is 0.492 bits per heavy atom. The minimum atomic E-state index is -0.0628. The fraction of sp³-hybridized carbons (Fsp3) is 0.236. The van der Waals surface area contributed by atoms with Crippen molar-refractivity contribution in [3.8, 4) is 22.3 Å². The van der Waals surface area contributed by atoms with E-state index in [-0.39, 0.29) is 23.1 Å². The molecule has 10 rings (SSSR count). The van der Waals surface area contributed by atoms with Gasteiger partial charge in [0.1, 0.15) is 0 Å². The molecule has 0 saturated heterocycles. The summed E-state index contributed by atoms with van der Waals surface area (Å²) in [5, 5.41) is 2.64. The number of hydrogen-bond donors (Lipinski definition) is 0. The summed E-state index contributed by atoms with van der Waals surface area (Å²) in [4.78, 5) is 5.33. The number of fused-ring (bicyclic) bond motifs is 8. The average Bonchev–Trinajstić information content (AvgIpc) is 3.59. The van der Waals surface area contributed by atoms with E-state index in [9.17, 15) is 0 Å². The maximum atomic E-state index is 2.68. The molecule has 0 bridgehead atoms. The van der Waals surface area contributed by atoms with Crippen LogP contribution < -0.4 is 20.6 Å². The second-order valence-electron chi connectivity index (χ2n) is 20.0. The van der Waals surface area contributed by atoms with Gasteiger partial charge in [-0.2, -0.15) is 0 Å². The van der Waals surface area contributed by atoms with E-state index in [0.29, 0.717) is 0 Å². The van der Waals surface area contributed by atoms with Gasteiger partial charge in [0.05, 0.1) is 11.4 Å². The van der Waals surface area contributed by atoms with Crippen LogP contribution in [0.5, 0.6) is 0 Å². The zero-order valence-electron chi connectivity index (χ0n) is 36.2. The SMILES string of the molecule is Cc1cc2c3c(c1)N(c1ccc(C(C)(C)C)cc1-c1ccccc1)c1c(ccc4sc5ccccc5c14)B3N(c1ccc(C(C)(C)C)cc1)c1cc(C(C)(C)C)ccc1-2. The van der Waals surface area contributed by atoms with Gasteiger partial charge in [0.25, 0.3) is 0 Å². The first-order valence-corrected chi connectivity index (χ1v) is 22.0.